The number of benzene rings is 2. The first-order valence-corrected chi connectivity index (χ1v) is 14.0. The molecule has 9 nitrogen and oxygen atoms in total. The van der Waals surface area contributed by atoms with Gasteiger partial charge in [0.2, 0.25) is 17.8 Å². The van der Waals surface area contributed by atoms with Crippen LogP contribution in [0.5, 0.6) is 5.75 Å². The van der Waals surface area contributed by atoms with Crippen LogP contribution in [-0.2, 0) is 16.0 Å². The number of carbonyl (C=O) groups excluding carboxylic acids is 2. The molecule has 1 heterocycles. The minimum atomic E-state index is -0.641. The van der Waals surface area contributed by atoms with Gasteiger partial charge in [-0.3, -0.25) is 9.59 Å². The number of nitrogens with one attached hydrogen (secondary N) is 3. The molecular weight excluding hydrogens is 504 g/mol. The molecule has 0 radical (unpaired) electrons. The van der Waals surface area contributed by atoms with E-state index in [0.29, 0.717) is 12.4 Å². The summed E-state index contributed by atoms with van der Waals surface area (Å²) in [6, 6.07) is 15.3. The van der Waals surface area contributed by atoms with Crippen molar-refractivity contribution in [2.75, 3.05) is 24.3 Å². The van der Waals surface area contributed by atoms with Gasteiger partial charge in [-0.25, -0.2) is 4.98 Å². The monoisotopic (exact) mass is 546 g/mol. The minimum Gasteiger partial charge on any atom is -0.488 e. The van der Waals surface area contributed by atoms with Crippen LogP contribution in [0.1, 0.15) is 58.9 Å². The van der Waals surface area contributed by atoms with E-state index >= 15 is 0 Å². The van der Waals surface area contributed by atoms with E-state index in [1.54, 1.807) is 0 Å². The molecule has 0 bridgehead atoms. The SMILES string of the molecule is CC(=O)N[C@@H](Cc1ccc(OC(C)(C)C)cc1)C(=O)N[C@H]1CC[C@@H](Nc2nc(N(C)C)c3ccccc3n2)CC1. The van der Waals surface area contributed by atoms with Gasteiger partial charge in [-0.1, -0.05) is 24.3 Å². The lowest BCUT2D eigenvalue weighted by atomic mass is 9.91. The number of amides is 2. The Morgan fingerprint density at radius 2 is 1.62 bits per heavy atom. The summed E-state index contributed by atoms with van der Waals surface area (Å²) in [7, 11) is 3.97. The van der Waals surface area contributed by atoms with Gasteiger partial charge in [-0.05, 0) is 76.3 Å². The van der Waals surface area contributed by atoms with Gasteiger partial charge < -0.3 is 25.6 Å². The van der Waals surface area contributed by atoms with Crippen molar-refractivity contribution in [2.45, 2.75) is 83.5 Å². The number of aromatic nitrogens is 2. The van der Waals surface area contributed by atoms with Crippen LogP contribution < -0.4 is 25.6 Å². The first kappa shape index (κ1) is 29.1. The van der Waals surface area contributed by atoms with Crippen LogP contribution in [0.2, 0.25) is 0 Å². The summed E-state index contributed by atoms with van der Waals surface area (Å²) in [6.45, 7) is 7.44. The standard InChI is InChI=1S/C31H42N6O3/c1-20(38)32-27(19-21-11-17-24(18-12-21)40-31(2,3)4)29(39)33-22-13-15-23(16-14-22)34-30-35-26-10-8-7-9-25(26)28(36-30)37(5)6/h7-12,17-18,22-23,27H,13-16,19H2,1-6H3,(H,32,38)(H,33,39)(H,34,35,36)/t22-,23+,27-/m0/s1. The van der Waals surface area contributed by atoms with Crippen LogP contribution in [0.15, 0.2) is 48.5 Å². The lowest BCUT2D eigenvalue weighted by Crippen LogP contribution is -2.51. The first-order chi connectivity index (χ1) is 19.0. The van der Waals surface area contributed by atoms with Gasteiger partial charge in [0.1, 0.15) is 23.2 Å². The molecule has 1 aliphatic rings. The number of nitrogens with zero attached hydrogens (tertiary/aromatic N) is 3. The molecule has 2 aromatic carbocycles. The highest BCUT2D eigenvalue weighted by Gasteiger charge is 2.27. The smallest absolute Gasteiger partial charge is 0.243 e. The van der Waals surface area contributed by atoms with Crippen LogP contribution in [-0.4, -0.2) is 59.6 Å². The molecule has 3 N–H and O–H groups in total. The first-order valence-electron chi connectivity index (χ1n) is 14.0. The average molecular weight is 547 g/mol. The number of para-hydroxylation sites is 1. The van der Waals surface area contributed by atoms with E-state index in [-0.39, 0.29) is 29.5 Å². The van der Waals surface area contributed by atoms with Crippen molar-refractivity contribution < 1.29 is 14.3 Å². The van der Waals surface area contributed by atoms with Crippen molar-refractivity contribution in [1.82, 2.24) is 20.6 Å². The Labute approximate surface area is 237 Å². The Bertz CT molecular complexity index is 1310. The van der Waals surface area contributed by atoms with E-state index in [1.807, 2.05) is 88.3 Å². The molecule has 0 saturated heterocycles. The van der Waals surface area contributed by atoms with Crippen molar-refractivity contribution in [3.63, 3.8) is 0 Å². The zero-order valence-electron chi connectivity index (χ0n) is 24.5. The fraction of sp³-hybridized carbons (Fsp3) is 0.484. The summed E-state index contributed by atoms with van der Waals surface area (Å²) < 4.78 is 5.89. The minimum absolute atomic E-state index is 0.0548. The van der Waals surface area contributed by atoms with E-state index in [1.165, 1.54) is 6.92 Å². The Morgan fingerprint density at radius 1 is 0.975 bits per heavy atom. The molecule has 2 amide bonds. The molecule has 3 aromatic rings. The summed E-state index contributed by atoms with van der Waals surface area (Å²) in [4.78, 5) is 36.6. The predicted octanol–water partition coefficient (Wildman–Crippen LogP) is 4.46. The second kappa shape index (κ2) is 12.5. The highest BCUT2D eigenvalue weighted by atomic mass is 16.5. The lowest BCUT2D eigenvalue weighted by molar-refractivity contribution is -0.128. The fourth-order valence-electron chi connectivity index (χ4n) is 5.07. The molecule has 1 saturated carbocycles. The Hall–Kier alpha value is -3.88. The number of carbonyl (C=O) groups is 2. The van der Waals surface area contributed by atoms with Gasteiger partial charge in [0.05, 0.1) is 5.52 Å². The third-order valence-corrected chi connectivity index (χ3v) is 6.89. The van der Waals surface area contributed by atoms with Gasteiger partial charge in [0.15, 0.2) is 0 Å². The Balaban J connectivity index is 1.33. The molecule has 4 rings (SSSR count). The van der Waals surface area contributed by atoms with Crippen LogP contribution >= 0.6 is 0 Å². The van der Waals surface area contributed by atoms with Gasteiger partial charge in [-0.2, -0.15) is 4.98 Å². The predicted molar refractivity (Wildman–Crippen MR) is 160 cm³/mol. The van der Waals surface area contributed by atoms with Gasteiger partial charge in [-0.15, -0.1) is 0 Å². The van der Waals surface area contributed by atoms with Crippen molar-refractivity contribution in [3.05, 3.63) is 54.1 Å². The molecule has 0 spiro atoms. The topological polar surface area (TPSA) is 108 Å². The number of ether oxygens (including phenoxy) is 1. The summed E-state index contributed by atoms with van der Waals surface area (Å²) in [6.07, 6.45) is 3.86. The van der Waals surface area contributed by atoms with E-state index in [9.17, 15) is 9.59 Å². The molecule has 40 heavy (non-hydrogen) atoms. The molecule has 1 aromatic heterocycles. The van der Waals surface area contributed by atoms with Crippen LogP contribution in [0.25, 0.3) is 10.9 Å². The highest BCUT2D eigenvalue weighted by molar-refractivity contribution is 5.90. The lowest BCUT2D eigenvalue weighted by Gasteiger charge is -2.31. The van der Waals surface area contributed by atoms with Crippen LogP contribution in [0, 0.1) is 0 Å². The summed E-state index contributed by atoms with van der Waals surface area (Å²) in [5, 5.41) is 10.5. The Kier molecular flexibility index (Phi) is 9.12. The van der Waals surface area contributed by atoms with Gasteiger partial charge in [0, 0.05) is 44.9 Å². The van der Waals surface area contributed by atoms with E-state index < -0.39 is 6.04 Å². The normalized spacial score (nSPS) is 18.1. The molecular formula is C31H42N6O3. The molecule has 1 atom stereocenters. The van der Waals surface area contributed by atoms with E-state index in [2.05, 4.69) is 16.0 Å². The van der Waals surface area contributed by atoms with Crippen LogP contribution in [0.3, 0.4) is 0 Å². The molecule has 0 aliphatic heterocycles. The van der Waals surface area contributed by atoms with E-state index in [0.717, 1.165) is 53.7 Å². The summed E-state index contributed by atoms with van der Waals surface area (Å²) in [5.41, 5.74) is 1.58. The maximum absolute atomic E-state index is 13.2. The third kappa shape index (κ3) is 8.07. The number of rotatable bonds is 9. The van der Waals surface area contributed by atoms with E-state index in [4.69, 9.17) is 14.7 Å². The van der Waals surface area contributed by atoms with Crippen molar-refractivity contribution in [2.24, 2.45) is 0 Å². The highest BCUT2D eigenvalue weighted by Crippen LogP contribution is 2.26. The number of hydrogen-bond donors (Lipinski definition) is 3. The summed E-state index contributed by atoms with van der Waals surface area (Å²) >= 11 is 0. The van der Waals surface area contributed by atoms with Gasteiger partial charge >= 0.3 is 0 Å². The second-order valence-corrected chi connectivity index (χ2v) is 11.8. The van der Waals surface area contributed by atoms with Gasteiger partial charge in [0.25, 0.3) is 0 Å². The van der Waals surface area contributed by atoms with Crippen molar-refractivity contribution >= 4 is 34.5 Å². The fourth-order valence-corrected chi connectivity index (χ4v) is 5.07. The zero-order valence-corrected chi connectivity index (χ0v) is 24.5. The van der Waals surface area contributed by atoms with Crippen molar-refractivity contribution in [1.29, 1.82) is 0 Å². The van der Waals surface area contributed by atoms with Crippen LogP contribution in [0.4, 0.5) is 11.8 Å². The quantitative estimate of drug-likeness (QED) is 0.364. The molecule has 1 aliphatic carbocycles. The van der Waals surface area contributed by atoms with Crippen molar-refractivity contribution in [3.8, 4) is 5.75 Å². The zero-order chi connectivity index (χ0) is 28.9. The number of anilines is 2. The Morgan fingerprint density at radius 3 is 2.25 bits per heavy atom. The summed E-state index contributed by atoms with van der Waals surface area (Å²) in [5.74, 6) is 1.89. The largest absolute Gasteiger partial charge is 0.488 e. The maximum atomic E-state index is 13.2. The second-order valence-electron chi connectivity index (χ2n) is 11.8. The average Bonchev–Trinajstić information content (AvgIpc) is 2.89. The molecule has 0 unspecified atom stereocenters. The maximum Gasteiger partial charge on any atom is 0.243 e. The molecule has 9 heteroatoms. The number of hydrogen-bond acceptors (Lipinski definition) is 7. The number of fused-ring (bicyclic) bond motifs is 1. The third-order valence-electron chi connectivity index (χ3n) is 6.89. The molecule has 1 fully saturated rings. The molecule has 214 valence electrons.